The second kappa shape index (κ2) is 9.77. The van der Waals surface area contributed by atoms with Crippen LogP contribution in [0.2, 0.25) is 0 Å². The monoisotopic (exact) mass is 464 g/mol. The molecular formula is C26H28N2O4S. The maximum Gasteiger partial charge on any atom is 0.247 e. The number of nitrogens with zero attached hydrogens (tertiary/aromatic N) is 2. The SMILES string of the molecule is COc1ccc(C)cc1S(=O)(=O)N(CC(=O)N1CCc2ccccc2C1)Cc1ccccc1. The van der Waals surface area contributed by atoms with Crippen LogP contribution in [-0.2, 0) is 34.3 Å². The average Bonchev–Trinajstić information content (AvgIpc) is 2.83. The lowest BCUT2D eigenvalue weighted by molar-refractivity contribution is -0.132. The van der Waals surface area contributed by atoms with Crippen molar-refractivity contribution in [3.63, 3.8) is 0 Å². The van der Waals surface area contributed by atoms with E-state index in [0.29, 0.717) is 13.1 Å². The molecule has 0 unspecified atom stereocenters. The second-order valence-electron chi connectivity index (χ2n) is 8.25. The summed E-state index contributed by atoms with van der Waals surface area (Å²) in [5.74, 6) is 0.0497. The Morgan fingerprint density at radius 3 is 2.42 bits per heavy atom. The van der Waals surface area contributed by atoms with Gasteiger partial charge < -0.3 is 9.64 Å². The summed E-state index contributed by atoms with van der Waals surface area (Å²) in [5.41, 5.74) is 3.95. The Morgan fingerprint density at radius 1 is 1.00 bits per heavy atom. The van der Waals surface area contributed by atoms with E-state index < -0.39 is 10.0 Å². The third-order valence-electron chi connectivity index (χ3n) is 5.93. The molecule has 0 atom stereocenters. The van der Waals surface area contributed by atoms with Gasteiger partial charge >= 0.3 is 0 Å². The normalized spacial score (nSPS) is 13.6. The van der Waals surface area contributed by atoms with Gasteiger partial charge in [-0.2, -0.15) is 4.31 Å². The van der Waals surface area contributed by atoms with Crippen LogP contribution in [0.3, 0.4) is 0 Å². The molecule has 4 rings (SSSR count). The summed E-state index contributed by atoms with van der Waals surface area (Å²) in [7, 11) is -2.55. The first-order valence-corrected chi connectivity index (χ1v) is 12.4. The maximum absolute atomic E-state index is 13.8. The zero-order chi connectivity index (χ0) is 23.4. The Labute approximate surface area is 195 Å². The predicted octanol–water partition coefficient (Wildman–Crippen LogP) is 3.78. The number of hydrogen-bond acceptors (Lipinski definition) is 4. The average molecular weight is 465 g/mol. The highest BCUT2D eigenvalue weighted by Crippen LogP contribution is 2.29. The summed E-state index contributed by atoms with van der Waals surface area (Å²) in [6, 6.07) is 22.4. The molecule has 1 amide bonds. The molecule has 0 aliphatic carbocycles. The molecule has 0 fully saturated rings. The first kappa shape index (κ1) is 23.0. The highest BCUT2D eigenvalue weighted by atomic mass is 32.2. The molecule has 3 aromatic carbocycles. The number of fused-ring (bicyclic) bond motifs is 1. The molecule has 7 heteroatoms. The molecule has 3 aromatic rings. The van der Waals surface area contributed by atoms with Crippen LogP contribution in [0.25, 0.3) is 0 Å². The Bertz CT molecular complexity index is 1240. The molecule has 0 N–H and O–H groups in total. The van der Waals surface area contributed by atoms with E-state index >= 15 is 0 Å². The number of amides is 1. The van der Waals surface area contributed by atoms with E-state index in [4.69, 9.17) is 4.74 Å². The topological polar surface area (TPSA) is 66.9 Å². The molecule has 33 heavy (non-hydrogen) atoms. The molecular weight excluding hydrogens is 436 g/mol. The number of carbonyl (C=O) groups excluding carboxylic acids is 1. The van der Waals surface area contributed by atoms with E-state index in [1.165, 1.54) is 17.0 Å². The van der Waals surface area contributed by atoms with Crippen molar-refractivity contribution in [2.24, 2.45) is 0 Å². The number of benzene rings is 3. The number of hydrogen-bond donors (Lipinski definition) is 0. The van der Waals surface area contributed by atoms with Crippen LogP contribution in [0, 0.1) is 6.92 Å². The molecule has 0 saturated carbocycles. The minimum Gasteiger partial charge on any atom is -0.495 e. The summed E-state index contributed by atoms with van der Waals surface area (Å²) >= 11 is 0. The molecule has 0 saturated heterocycles. The standard InChI is InChI=1S/C26H28N2O4S/c1-20-12-13-24(32-2)25(16-20)33(30,31)28(17-21-8-4-3-5-9-21)19-26(29)27-15-14-22-10-6-7-11-23(22)18-27/h3-13,16H,14-15,17-19H2,1-2H3. The van der Waals surface area contributed by atoms with Crippen LogP contribution >= 0.6 is 0 Å². The fourth-order valence-corrected chi connectivity index (χ4v) is 5.72. The zero-order valence-electron chi connectivity index (χ0n) is 18.9. The lowest BCUT2D eigenvalue weighted by atomic mass is 10.00. The molecule has 0 radical (unpaired) electrons. The van der Waals surface area contributed by atoms with Crippen LogP contribution in [0.1, 0.15) is 22.3 Å². The number of sulfonamides is 1. The first-order chi connectivity index (χ1) is 15.9. The van der Waals surface area contributed by atoms with E-state index in [1.54, 1.807) is 23.1 Å². The summed E-state index contributed by atoms with van der Waals surface area (Å²) in [6.45, 7) is 2.74. The molecule has 172 valence electrons. The van der Waals surface area contributed by atoms with E-state index in [0.717, 1.165) is 23.1 Å². The van der Waals surface area contributed by atoms with Crippen LogP contribution in [0.15, 0.2) is 77.7 Å². The van der Waals surface area contributed by atoms with Crippen LogP contribution in [0.4, 0.5) is 0 Å². The minimum absolute atomic E-state index is 0.0673. The molecule has 1 aliphatic rings. The number of rotatable bonds is 7. The Kier molecular flexibility index (Phi) is 6.81. The van der Waals surface area contributed by atoms with Crippen molar-refractivity contribution in [1.29, 1.82) is 0 Å². The largest absolute Gasteiger partial charge is 0.495 e. The summed E-state index contributed by atoms with van der Waals surface area (Å²) < 4.78 is 34.1. The molecule has 0 bridgehead atoms. The van der Waals surface area contributed by atoms with Crippen molar-refractivity contribution in [3.05, 3.63) is 95.1 Å². The zero-order valence-corrected chi connectivity index (χ0v) is 19.7. The van der Waals surface area contributed by atoms with Crippen molar-refractivity contribution >= 4 is 15.9 Å². The molecule has 1 aliphatic heterocycles. The van der Waals surface area contributed by atoms with Gasteiger partial charge in [-0.15, -0.1) is 0 Å². The fraction of sp³-hybridized carbons (Fsp3) is 0.269. The van der Waals surface area contributed by atoms with Gasteiger partial charge in [0.15, 0.2) is 0 Å². The fourth-order valence-electron chi connectivity index (χ4n) is 4.10. The smallest absolute Gasteiger partial charge is 0.247 e. The van der Waals surface area contributed by atoms with Gasteiger partial charge in [-0.25, -0.2) is 8.42 Å². The van der Waals surface area contributed by atoms with E-state index in [9.17, 15) is 13.2 Å². The molecule has 1 heterocycles. The van der Waals surface area contributed by atoms with Gasteiger partial charge in [0.1, 0.15) is 10.6 Å². The lowest BCUT2D eigenvalue weighted by Gasteiger charge is -2.31. The van der Waals surface area contributed by atoms with Gasteiger partial charge in [-0.05, 0) is 47.7 Å². The maximum atomic E-state index is 13.8. The first-order valence-electron chi connectivity index (χ1n) is 10.9. The van der Waals surface area contributed by atoms with Crippen molar-refractivity contribution in [3.8, 4) is 5.75 Å². The Morgan fingerprint density at radius 2 is 1.70 bits per heavy atom. The van der Waals surface area contributed by atoms with Crippen LogP contribution in [0.5, 0.6) is 5.75 Å². The number of aryl methyl sites for hydroxylation is 1. The summed E-state index contributed by atoms with van der Waals surface area (Å²) in [6.07, 6.45) is 0.763. The van der Waals surface area contributed by atoms with Gasteiger partial charge in [-0.1, -0.05) is 60.7 Å². The summed E-state index contributed by atoms with van der Waals surface area (Å²) in [5, 5.41) is 0. The van der Waals surface area contributed by atoms with Crippen molar-refractivity contribution in [1.82, 2.24) is 9.21 Å². The molecule has 0 spiro atoms. The quantitative estimate of drug-likeness (QED) is 0.534. The second-order valence-corrected chi connectivity index (χ2v) is 10.2. The lowest BCUT2D eigenvalue weighted by Crippen LogP contribution is -2.44. The third-order valence-corrected chi connectivity index (χ3v) is 7.75. The highest BCUT2D eigenvalue weighted by Gasteiger charge is 2.32. The Balaban J connectivity index is 1.64. The number of ether oxygens (including phenoxy) is 1. The van der Waals surface area contributed by atoms with Gasteiger partial charge in [0.2, 0.25) is 15.9 Å². The van der Waals surface area contributed by atoms with Gasteiger partial charge in [0.05, 0.1) is 13.7 Å². The van der Waals surface area contributed by atoms with Crippen LogP contribution < -0.4 is 4.74 Å². The van der Waals surface area contributed by atoms with E-state index in [1.807, 2.05) is 55.5 Å². The van der Waals surface area contributed by atoms with Gasteiger partial charge in [0, 0.05) is 19.6 Å². The minimum atomic E-state index is -4.00. The van der Waals surface area contributed by atoms with Crippen molar-refractivity contribution < 1.29 is 17.9 Å². The van der Waals surface area contributed by atoms with Crippen LogP contribution in [-0.4, -0.2) is 43.7 Å². The number of carbonyl (C=O) groups is 1. The summed E-state index contributed by atoms with van der Waals surface area (Å²) in [4.78, 5) is 15.1. The van der Waals surface area contributed by atoms with E-state index in [-0.39, 0.29) is 29.6 Å². The predicted molar refractivity (Wildman–Crippen MR) is 127 cm³/mol. The molecule has 6 nitrogen and oxygen atoms in total. The third kappa shape index (κ3) is 5.10. The van der Waals surface area contributed by atoms with Gasteiger partial charge in [-0.3, -0.25) is 4.79 Å². The van der Waals surface area contributed by atoms with Gasteiger partial charge in [0.25, 0.3) is 0 Å². The van der Waals surface area contributed by atoms with Crippen molar-refractivity contribution in [2.45, 2.75) is 31.3 Å². The molecule has 0 aromatic heterocycles. The number of methoxy groups -OCH3 is 1. The highest BCUT2D eigenvalue weighted by molar-refractivity contribution is 7.89. The van der Waals surface area contributed by atoms with E-state index in [2.05, 4.69) is 6.07 Å². The van der Waals surface area contributed by atoms with Crippen molar-refractivity contribution in [2.75, 3.05) is 20.2 Å². The Hall–Kier alpha value is -3.16.